The second kappa shape index (κ2) is 4.34. The topological polar surface area (TPSA) is 54.7 Å². The SMILES string of the molecule is NCCc1cn[nH]c1-c1ccc2c(c1)CCC2. The summed E-state index contributed by atoms with van der Waals surface area (Å²) in [5, 5.41) is 7.22. The Balaban J connectivity index is 2.00. The van der Waals surface area contributed by atoms with Gasteiger partial charge in [0.05, 0.1) is 11.9 Å². The van der Waals surface area contributed by atoms with E-state index in [-0.39, 0.29) is 0 Å². The number of aromatic nitrogens is 2. The third kappa shape index (κ3) is 1.87. The van der Waals surface area contributed by atoms with Gasteiger partial charge in [0.1, 0.15) is 0 Å². The first-order chi connectivity index (χ1) is 8.38. The van der Waals surface area contributed by atoms with Crippen molar-refractivity contribution in [1.29, 1.82) is 0 Å². The third-order valence-corrected chi connectivity index (χ3v) is 3.52. The number of H-pyrrole nitrogens is 1. The average molecular weight is 227 g/mol. The van der Waals surface area contributed by atoms with Gasteiger partial charge in [-0.2, -0.15) is 5.10 Å². The maximum atomic E-state index is 5.62. The van der Waals surface area contributed by atoms with Gasteiger partial charge < -0.3 is 5.73 Å². The molecule has 0 spiro atoms. The van der Waals surface area contributed by atoms with Crippen molar-refractivity contribution in [1.82, 2.24) is 10.2 Å². The van der Waals surface area contributed by atoms with Gasteiger partial charge in [0, 0.05) is 5.56 Å². The fraction of sp³-hybridized carbons (Fsp3) is 0.357. The zero-order chi connectivity index (χ0) is 11.7. The Bertz CT molecular complexity index is 528. The van der Waals surface area contributed by atoms with Gasteiger partial charge in [0.2, 0.25) is 0 Å². The van der Waals surface area contributed by atoms with Crippen molar-refractivity contribution in [3.8, 4) is 11.3 Å². The van der Waals surface area contributed by atoms with E-state index in [0.717, 1.165) is 12.1 Å². The van der Waals surface area contributed by atoms with Gasteiger partial charge in [-0.05, 0) is 55.0 Å². The standard InChI is InChI=1S/C14H17N3/c15-7-6-13-9-16-17-14(13)12-5-4-10-2-1-3-11(10)8-12/h4-5,8-9H,1-3,6-7,15H2,(H,16,17). The van der Waals surface area contributed by atoms with Crippen molar-refractivity contribution in [3.05, 3.63) is 41.1 Å². The first-order valence-electron chi connectivity index (χ1n) is 6.23. The molecule has 0 bridgehead atoms. The van der Waals surface area contributed by atoms with Crippen LogP contribution in [0.5, 0.6) is 0 Å². The predicted octanol–water partition coefficient (Wildman–Crippen LogP) is 2.07. The molecule has 0 saturated carbocycles. The molecule has 3 rings (SSSR count). The minimum atomic E-state index is 0.664. The molecule has 0 amide bonds. The van der Waals surface area contributed by atoms with Crippen LogP contribution in [-0.4, -0.2) is 16.7 Å². The Morgan fingerprint density at radius 3 is 3.00 bits per heavy atom. The Labute approximate surface area is 101 Å². The molecule has 1 heterocycles. The highest BCUT2D eigenvalue weighted by Gasteiger charge is 2.13. The number of nitrogens with one attached hydrogen (secondary N) is 1. The molecule has 0 unspecified atom stereocenters. The van der Waals surface area contributed by atoms with Gasteiger partial charge in [-0.3, -0.25) is 5.10 Å². The lowest BCUT2D eigenvalue weighted by molar-refractivity contribution is 0.912. The minimum absolute atomic E-state index is 0.664. The van der Waals surface area contributed by atoms with Crippen LogP contribution < -0.4 is 5.73 Å². The van der Waals surface area contributed by atoms with E-state index >= 15 is 0 Å². The van der Waals surface area contributed by atoms with Gasteiger partial charge in [-0.25, -0.2) is 0 Å². The molecule has 3 nitrogen and oxygen atoms in total. The van der Waals surface area contributed by atoms with Crippen molar-refractivity contribution >= 4 is 0 Å². The number of nitrogens with two attached hydrogens (primary N) is 1. The van der Waals surface area contributed by atoms with Gasteiger partial charge in [0.25, 0.3) is 0 Å². The summed E-state index contributed by atoms with van der Waals surface area (Å²) in [5.74, 6) is 0. The number of nitrogens with zero attached hydrogens (tertiary/aromatic N) is 1. The number of rotatable bonds is 3. The fourth-order valence-corrected chi connectivity index (χ4v) is 2.63. The van der Waals surface area contributed by atoms with Gasteiger partial charge in [-0.1, -0.05) is 12.1 Å². The number of fused-ring (bicyclic) bond motifs is 1. The van der Waals surface area contributed by atoms with Crippen LogP contribution in [0.4, 0.5) is 0 Å². The summed E-state index contributed by atoms with van der Waals surface area (Å²) in [7, 11) is 0. The van der Waals surface area contributed by atoms with E-state index in [2.05, 4.69) is 28.4 Å². The Morgan fingerprint density at radius 2 is 2.12 bits per heavy atom. The van der Waals surface area contributed by atoms with Crippen LogP contribution in [0.3, 0.4) is 0 Å². The molecule has 3 N–H and O–H groups in total. The van der Waals surface area contributed by atoms with Crippen LogP contribution in [0, 0.1) is 0 Å². The molecule has 88 valence electrons. The minimum Gasteiger partial charge on any atom is -0.330 e. The second-order valence-corrected chi connectivity index (χ2v) is 4.65. The monoisotopic (exact) mass is 227 g/mol. The van der Waals surface area contributed by atoms with E-state index in [9.17, 15) is 0 Å². The zero-order valence-corrected chi connectivity index (χ0v) is 9.87. The van der Waals surface area contributed by atoms with Crippen LogP contribution in [0.25, 0.3) is 11.3 Å². The van der Waals surface area contributed by atoms with E-state index in [1.165, 1.54) is 41.5 Å². The fourth-order valence-electron chi connectivity index (χ4n) is 2.63. The predicted molar refractivity (Wildman–Crippen MR) is 68.8 cm³/mol. The van der Waals surface area contributed by atoms with Crippen molar-refractivity contribution in [2.45, 2.75) is 25.7 Å². The van der Waals surface area contributed by atoms with Crippen LogP contribution in [0.15, 0.2) is 24.4 Å². The third-order valence-electron chi connectivity index (χ3n) is 3.52. The molecule has 0 atom stereocenters. The van der Waals surface area contributed by atoms with Crippen LogP contribution in [0.1, 0.15) is 23.1 Å². The van der Waals surface area contributed by atoms with Crippen molar-refractivity contribution in [3.63, 3.8) is 0 Å². The van der Waals surface area contributed by atoms with E-state index in [1.807, 2.05) is 6.20 Å². The smallest absolute Gasteiger partial charge is 0.0682 e. The van der Waals surface area contributed by atoms with Crippen molar-refractivity contribution in [2.24, 2.45) is 5.73 Å². The lowest BCUT2D eigenvalue weighted by Crippen LogP contribution is -2.02. The van der Waals surface area contributed by atoms with Crippen LogP contribution in [-0.2, 0) is 19.3 Å². The number of hydrogen-bond acceptors (Lipinski definition) is 2. The van der Waals surface area contributed by atoms with Crippen molar-refractivity contribution < 1.29 is 0 Å². The van der Waals surface area contributed by atoms with Gasteiger partial charge in [-0.15, -0.1) is 0 Å². The number of hydrogen-bond donors (Lipinski definition) is 2. The quantitative estimate of drug-likeness (QED) is 0.843. The first-order valence-corrected chi connectivity index (χ1v) is 6.23. The van der Waals surface area contributed by atoms with Crippen LogP contribution in [0.2, 0.25) is 0 Å². The highest BCUT2D eigenvalue weighted by molar-refractivity contribution is 5.64. The van der Waals surface area contributed by atoms with E-state index in [1.54, 1.807) is 0 Å². The number of benzene rings is 1. The molecule has 0 saturated heterocycles. The molecule has 17 heavy (non-hydrogen) atoms. The largest absolute Gasteiger partial charge is 0.330 e. The van der Waals surface area contributed by atoms with Crippen LogP contribution >= 0.6 is 0 Å². The van der Waals surface area contributed by atoms with E-state index in [4.69, 9.17) is 5.73 Å². The Kier molecular flexibility index (Phi) is 2.69. The van der Waals surface area contributed by atoms with E-state index < -0.39 is 0 Å². The lowest BCUT2D eigenvalue weighted by Gasteiger charge is -2.05. The molecular formula is C14H17N3. The summed E-state index contributed by atoms with van der Waals surface area (Å²) < 4.78 is 0. The average Bonchev–Trinajstić information content (AvgIpc) is 2.96. The Hall–Kier alpha value is -1.61. The summed E-state index contributed by atoms with van der Waals surface area (Å²) in [6, 6.07) is 6.75. The summed E-state index contributed by atoms with van der Waals surface area (Å²) >= 11 is 0. The molecule has 3 heteroatoms. The summed E-state index contributed by atoms with van der Waals surface area (Å²) in [6.45, 7) is 0.664. The first kappa shape index (κ1) is 10.5. The molecule has 2 aromatic rings. The number of aryl methyl sites for hydroxylation is 2. The highest BCUT2D eigenvalue weighted by Crippen LogP contribution is 2.28. The molecule has 1 aromatic carbocycles. The molecule has 1 aliphatic carbocycles. The van der Waals surface area contributed by atoms with Gasteiger partial charge >= 0.3 is 0 Å². The summed E-state index contributed by atoms with van der Waals surface area (Å²) in [5.41, 5.74) is 12.2. The molecule has 1 aliphatic rings. The van der Waals surface area contributed by atoms with Crippen molar-refractivity contribution in [2.75, 3.05) is 6.54 Å². The highest BCUT2D eigenvalue weighted by atomic mass is 15.1. The van der Waals surface area contributed by atoms with E-state index in [0.29, 0.717) is 6.54 Å². The molecule has 0 radical (unpaired) electrons. The normalized spacial score (nSPS) is 13.9. The number of aromatic amines is 1. The molecule has 0 fully saturated rings. The molecular weight excluding hydrogens is 210 g/mol. The summed E-state index contributed by atoms with van der Waals surface area (Å²) in [6.07, 6.45) is 6.49. The zero-order valence-electron chi connectivity index (χ0n) is 9.87. The maximum Gasteiger partial charge on any atom is 0.0682 e. The lowest BCUT2D eigenvalue weighted by atomic mass is 10.0. The Morgan fingerprint density at radius 1 is 1.24 bits per heavy atom. The second-order valence-electron chi connectivity index (χ2n) is 4.65. The molecule has 0 aliphatic heterocycles. The molecule has 1 aromatic heterocycles. The maximum absolute atomic E-state index is 5.62. The summed E-state index contributed by atoms with van der Waals surface area (Å²) in [4.78, 5) is 0. The van der Waals surface area contributed by atoms with Gasteiger partial charge in [0.15, 0.2) is 0 Å².